The highest BCUT2D eigenvalue weighted by molar-refractivity contribution is 5.99. The number of aromatic nitrogens is 2. The average Bonchev–Trinajstić information content (AvgIpc) is 2.69. The zero-order valence-corrected chi connectivity index (χ0v) is 8.59. The topological polar surface area (TPSA) is 77.5 Å². The van der Waals surface area contributed by atoms with Crippen LogP contribution in [-0.2, 0) is 11.2 Å². The van der Waals surface area contributed by atoms with Crippen LogP contribution in [0.15, 0.2) is 24.5 Å². The van der Waals surface area contributed by atoms with E-state index in [1.165, 1.54) is 6.20 Å². The third-order valence-corrected chi connectivity index (χ3v) is 2.39. The summed E-state index contributed by atoms with van der Waals surface area (Å²) in [5.74, 6) is -0.490. The molecule has 2 aromatic rings. The molecule has 82 valence electrons. The largest absolute Gasteiger partial charge is 0.365 e. The summed E-state index contributed by atoms with van der Waals surface area (Å²) >= 11 is 0. The molecule has 2 rings (SSSR count). The van der Waals surface area contributed by atoms with Crippen LogP contribution in [0.3, 0.4) is 0 Å². The molecule has 0 saturated heterocycles. The maximum Gasteiger partial charge on any atom is 0.252 e. The molecule has 0 aliphatic carbocycles. The van der Waals surface area contributed by atoms with Gasteiger partial charge in [-0.1, -0.05) is 6.07 Å². The van der Waals surface area contributed by atoms with E-state index in [9.17, 15) is 9.59 Å². The molecule has 0 spiro atoms. The number of fused-ring (bicyclic) bond motifs is 1. The fraction of sp³-hybridized carbons (Fsp3) is 0.182. The summed E-state index contributed by atoms with van der Waals surface area (Å²) in [4.78, 5) is 21.3. The van der Waals surface area contributed by atoms with Crippen LogP contribution in [0, 0.1) is 0 Å². The lowest BCUT2D eigenvalue weighted by Gasteiger charge is -1.99. The third-order valence-electron chi connectivity index (χ3n) is 2.39. The van der Waals surface area contributed by atoms with E-state index >= 15 is 0 Å². The first-order chi connectivity index (χ1) is 7.72. The molecule has 16 heavy (non-hydrogen) atoms. The Labute approximate surface area is 91.9 Å². The highest BCUT2D eigenvalue weighted by Crippen LogP contribution is 2.12. The van der Waals surface area contributed by atoms with Crippen LogP contribution < -0.4 is 5.73 Å². The Morgan fingerprint density at radius 1 is 1.50 bits per heavy atom. The Hall–Kier alpha value is -2.17. The molecule has 0 unspecified atom stereocenters. The highest BCUT2D eigenvalue weighted by Gasteiger charge is 2.08. The molecule has 0 radical (unpaired) electrons. The number of nitrogens with two attached hydrogens (primary N) is 1. The average molecular weight is 217 g/mol. The van der Waals surface area contributed by atoms with E-state index in [2.05, 4.69) is 5.10 Å². The van der Waals surface area contributed by atoms with E-state index < -0.39 is 5.91 Å². The summed E-state index contributed by atoms with van der Waals surface area (Å²) in [6.07, 6.45) is 5.27. The van der Waals surface area contributed by atoms with Gasteiger partial charge in [-0.15, -0.1) is 0 Å². The number of amides is 1. The lowest BCUT2D eigenvalue weighted by molar-refractivity contribution is -0.107. The molecule has 0 aliphatic rings. The van der Waals surface area contributed by atoms with Gasteiger partial charge in [0.25, 0.3) is 5.91 Å². The van der Waals surface area contributed by atoms with Crippen LogP contribution >= 0.6 is 0 Å². The van der Waals surface area contributed by atoms with Gasteiger partial charge in [0.05, 0.1) is 17.3 Å². The zero-order chi connectivity index (χ0) is 11.5. The van der Waals surface area contributed by atoms with Crippen molar-refractivity contribution in [3.8, 4) is 0 Å². The zero-order valence-electron chi connectivity index (χ0n) is 8.59. The van der Waals surface area contributed by atoms with Crippen LogP contribution in [-0.4, -0.2) is 21.8 Å². The molecule has 5 heteroatoms. The van der Waals surface area contributed by atoms with Crippen molar-refractivity contribution in [1.29, 1.82) is 0 Å². The summed E-state index contributed by atoms with van der Waals surface area (Å²) in [6, 6.07) is 3.65. The van der Waals surface area contributed by atoms with Crippen LogP contribution in [0.1, 0.15) is 22.3 Å². The molecule has 2 aromatic heterocycles. The monoisotopic (exact) mass is 217 g/mol. The van der Waals surface area contributed by atoms with Gasteiger partial charge in [0.15, 0.2) is 0 Å². The smallest absolute Gasteiger partial charge is 0.252 e. The molecule has 0 bridgehead atoms. The number of carbonyl (C=O) groups excluding carboxylic acids is 2. The van der Waals surface area contributed by atoms with Gasteiger partial charge in [0.1, 0.15) is 6.29 Å². The second kappa shape index (κ2) is 4.14. The molecule has 0 atom stereocenters. The maximum atomic E-state index is 11.1. The fourth-order valence-electron chi connectivity index (χ4n) is 1.59. The van der Waals surface area contributed by atoms with Gasteiger partial charge < -0.3 is 10.5 Å². The number of hydrogen-bond acceptors (Lipinski definition) is 3. The summed E-state index contributed by atoms with van der Waals surface area (Å²) in [6.45, 7) is 0. The highest BCUT2D eigenvalue weighted by atomic mass is 16.1. The summed E-state index contributed by atoms with van der Waals surface area (Å²) < 4.78 is 1.60. The van der Waals surface area contributed by atoms with Gasteiger partial charge in [-0.25, -0.2) is 4.52 Å². The minimum absolute atomic E-state index is 0.405. The third kappa shape index (κ3) is 1.79. The number of primary amides is 1. The molecule has 0 saturated carbocycles. The summed E-state index contributed by atoms with van der Waals surface area (Å²) in [5.41, 5.74) is 7.29. The van der Waals surface area contributed by atoms with Gasteiger partial charge in [0.2, 0.25) is 0 Å². The van der Waals surface area contributed by atoms with E-state index in [-0.39, 0.29) is 0 Å². The molecule has 0 aromatic carbocycles. The van der Waals surface area contributed by atoms with E-state index in [1.54, 1.807) is 16.8 Å². The Morgan fingerprint density at radius 2 is 2.31 bits per heavy atom. The number of pyridine rings is 1. The van der Waals surface area contributed by atoms with Crippen LogP contribution in [0.4, 0.5) is 0 Å². The molecule has 2 N–H and O–H groups in total. The molecule has 2 heterocycles. The van der Waals surface area contributed by atoms with Crippen molar-refractivity contribution in [1.82, 2.24) is 9.61 Å². The van der Waals surface area contributed by atoms with E-state index in [0.717, 1.165) is 11.8 Å². The molecular weight excluding hydrogens is 206 g/mol. The number of hydrogen-bond donors (Lipinski definition) is 1. The predicted molar refractivity (Wildman–Crippen MR) is 58.1 cm³/mol. The van der Waals surface area contributed by atoms with Crippen molar-refractivity contribution in [3.63, 3.8) is 0 Å². The first-order valence-corrected chi connectivity index (χ1v) is 4.92. The van der Waals surface area contributed by atoms with Crippen molar-refractivity contribution >= 4 is 17.7 Å². The van der Waals surface area contributed by atoms with Crippen molar-refractivity contribution < 1.29 is 9.59 Å². The Bertz CT molecular complexity index is 545. The summed E-state index contributed by atoms with van der Waals surface area (Å²) in [7, 11) is 0. The second-order valence-corrected chi connectivity index (χ2v) is 3.49. The van der Waals surface area contributed by atoms with Crippen LogP contribution in [0.25, 0.3) is 5.52 Å². The Kier molecular flexibility index (Phi) is 2.68. The lowest BCUT2D eigenvalue weighted by Crippen LogP contribution is -2.10. The van der Waals surface area contributed by atoms with E-state index in [1.807, 2.05) is 6.07 Å². The standard InChI is InChI=1S/C11H11N3O2/c12-11(16)9-6-13-14-7-8(2-1-5-15)3-4-10(9)14/h3-7H,1-2H2,(H2,12,16). The number of rotatable bonds is 4. The van der Waals surface area contributed by atoms with Crippen LogP contribution in [0.5, 0.6) is 0 Å². The van der Waals surface area contributed by atoms with E-state index in [0.29, 0.717) is 23.9 Å². The lowest BCUT2D eigenvalue weighted by atomic mass is 10.1. The second-order valence-electron chi connectivity index (χ2n) is 3.49. The minimum atomic E-state index is -0.490. The Balaban J connectivity index is 2.41. The number of carbonyl (C=O) groups is 2. The number of aryl methyl sites for hydroxylation is 1. The first-order valence-electron chi connectivity index (χ1n) is 4.92. The van der Waals surface area contributed by atoms with Crippen molar-refractivity contribution in [2.75, 3.05) is 0 Å². The van der Waals surface area contributed by atoms with Gasteiger partial charge in [-0.3, -0.25) is 4.79 Å². The van der Waals surface area contributed by atoms with Gasteiger partial charge in [0, 0.05) is 12.6 Å². The quantitative estimate of drug-likeness (QED) is 0.760. The maximum absolute atomic E-state index is 11.1. The molecule has 0 aliphatic heterocycles. The molecule has 0 fully saturated rings. The fourth-order valence-corrected chi connectivity index (χ4v) is 1.59. The number of aldehydes is 1. The molecule has 1 amide bonds. The summed E-state index contributed by atoms with van der Waals surface area (Å²) in [5, 5.41) is 4.04. The number of nitrogens with zero attached hydrogens (tertiary/aromatic N) is 2. The van der Waals surface area contributed by atoms with Gasteiger partial charge in [-0.05, 0) is 18.1 Å². The normalized spacial score (nSPS) is 10.5. The predicted octanol–water partition coefficient (Wildman–Crippen LogP) is 0.565. The van der Waals surface area contributed by atoms with E-state index in [4.69, 9.17) is 5.73 Å². The van der Waals surface area contributed by atoms with Crippen molar-refractivity contribution in [2.24, 2.45) is 5.73 Å². The van der Waals surface area contributed by atoms with Gasteiger partial charge >= 0.3 is 0 Å². The first kappa shape index (κ1) is 10.4. The molecule has 5 nitrogen and oxygen atoms in total. The SMILES string of the molecule is NC(=O)c1cnn2cc(CCC=O)ccc12. The van der Waals surface area contributed by atoms with Gasteiger partial charge in [-0.2, -0.15) is 5.10 Å². The minimum Gasteiger partial charge on any atom is -0.365 e. The molecular formula is C11H11N3O2. The van der Waals surface area contributed by atoms with Crippen LogP contribution in [0.2, 0.25) is 0 Å². The van der Waals surface area contributed by atoms with Crippen molar-refractivity contribution in [2.45, 2.75) is 12.8 Å². The Morgan fingerprint density at radius 3 is 3.00 bits per heavy atom. The van der Waals surface area contributed by atoms with Crippen molar-refractivity contribution in [3.05, 3.63) is 35.7 Å².